The number of aliphatic hydroxyl groups excluding tert-OH is 1. The Kier molecular flexibility index (Phi) is 12.3. The number of nitrogens with two attached hydrogens (primary N) is 1. The predicted octanol–water partition coefficient (Wildman–Crippen LogP) is 3.73. The molecule has 4 aromatic carbocycles. The normalized spacial score (nSPS) is 23.0. The van der Waals surface area contributed by atoms with Crippen LogP contribution in [-0.4, -0.2) is 89.9 Å². The zero-order valence-electron chi connectivity index (χ0n) is 34.0. The molecule has 1 spiro atoms. The summed E-state index contributed by atoms with van der Waals surface area (Å²) in [7, 11) is 1.16. The number of primary amides is 1. The summed E-state index contributed by atoms with van der Waals surface area (Å²) in [5.41, 5.74) is 4.66. The summed E-state index contributed by atoms with van der Waals surface area (Å²) >= 11 is 0. The van der Waals surface area contributed by atoms with Crippen molar-refractivity contribution in [3.8, 4) is 17.6 Å². The van der Waals surface area contributed by atoms with Gasteiger partial charge in [-0.05, 0) is 46.9 Å². The van der Waals surface area contributed by atoms with Crippen molar-refractivity contribution in [3.05, 3.63) is 131 Å². The van der Waals surface area contributed by atoms with Gasteiger partial charge in [-0.3, -0.25) is 19.3 Å². The summed E-state index contributed by atoms with van der Waals surface area (Å²) in [6.45, 7) is 2.64. The molecule has 16 nitrogen and oxygen atoms in total. The van der Waals surface area contributed by atoms with Crippen LogP contribution in [0.2, 0.25) is 0 Å². The van der Waals surface area contributed by atoms with Gasteiger partial charge in [0, 0.05) is 11.1 Å². The third-order valence-electron chi connectivity index (χ3n) is 11.5. The second-order valence-corrected chi connectivity index (χ2v) is 15.3. The van der Waals surface area contributed by atoms with Gasteiger partial charge in [-0.1, -0.05) is 105 Å². The highest BCUT2D eigenvalue weighted by Crippen LogP contribution is 2.66. The minimum Gasteiger partial charge on any atom is -0.491 e. The number of nitrogens with one attached hydrogen (secondary N) is 2. The van der Waals surface area contributed by atoms with E-state index in [9.17, 15) is 34.2 Å². The minimum atomic E-state index is -2.33. The van der Waals surface area contributed by atoms with Gasteiger partial charge < -0.3 is 40.8 Å². The Morgan fingerprint density at radius 3 is 2.21 bits per heavy atom. The summed E-state index contributed by atoms with van der Waals surface area (Å²) in [4.78, 5) is 86.8. The summed E-state index contributed by atoms with van der Waals surface area (Å²) in [6.07, 6.45) is -1.03. The van der Waals surface area contributed by atoms with Crippen LogP contribution in [0.1, 0.15) is 59.9 Å². The summed E-state index contributed by atoms with van der Waals surface area (Å²) in [5.74, 6) is -0.815. The van der Waals surface area contributed by atoms with E-state index in [4.69, 9.17) is 19.9 Å². The maximum Gasteiger partial charge on any atom is 0.329 e. The summed E-state index contributed by atoms with van der Waals surface area (Å²) in [6, 6.07) is 22.0. The molecule has 0 saturated carbocycles. The van der Waals surface area contributed by atoms with Gasteiger partial charge in [-0.15, -0.1) is 0 Å². The lowest BCUT2D eigenvalue weighted by Gasteiger charge is -2.46. The molecule has 4 aromatic rings. The smallest absolute Gasteiger partial charge is 0.329 e. The SMILES string of the molecule is COC(=O)[C@@H](NC(=O)N1C(=O)[C@@]2(c3cc(C#CCNC(N)=O)ccc31)[C@H](c1ccccc1OCCO)N1[C@H](c3ccccc3)[C@H](c3ccccc3)OC(=O)[C@H]1[C@@H]2C(=O)O)C(C)C. The fourth-order valence-corrected chi connectivity index (χ4v) is 9.03. The Hall–Kier alpha value is -7.22. The number of fused-ring (bicyclic) bond motifs is 3. The molecule has 3 heterocycles. The van der Waals surface area contributed by atoms with Crippen LogP contribution >= 0.6 is 0 Å². The first-order chi connectivity index (χ1) is 29.9. The van der Waals surface area contributed by atoms with E-state index >= 15 is 4.79 Å². The highest BCUT2D eigenvalue weighted by atomic mass is 16.6. The first-order valence-corrected chi connectivity index (χ1v) is 19.9. The Balaban J connectivity index is 1.57. The number of anilines is 1. The number of carbonyl (C=O) groups is 6. The number of nitrogens with zero attached hydrogens (tertiary/aromatic N) is 2. The van der Waals surface area contributed by atoms with Crippen molar-refractivity contribution < 1.29 is 53.2 Å². The minimum absolute atomic E-state index is 0.0326. The zero-order chi connectivity index (χ0) is 44.3. The van der Waals surface area contributed by atoms with Gasteiger partial charge in [0.25, 0.3) is 0 Å². The van der Waals surface area contributed by atoms with E-state index in [2.05, 4.69) is 22.5 Å². The fourth-order valence-electron chi connectivity index (χ4n) is 9.03. The number of aliphatic hydroxyl groups is 1. The van der Waals surface area contributed by atoms with Crippen molar-refractivity contribution in [1.29, 1.82) is 0 Å². The molecule has 0 radical (unpaired) electrons. The second-order valence-electron chi connectivity index (χ2n) is 15.3. The van der Waals surface area contributed by atoms with E-state index in [1.54, 1.807) is 85.5 Å². The van der Waals surface area contributed by atoms with Crippen LogP contribution in [0.4, 0.5) is 15.3 Å². The molecule has 7 rings (SSSR count). The van der Waals surface area contributed by atoms with Crippen molar-refractivity contribution in [2.75, 3.05) is 31.8 Å². The van der Waals surface area contributed by atoms with Crippen LogP contribution in [0.3, 0.4) is 0 Å². The van der Waals surface area contributed by atoms with Gasteiger partial charge in [0.05, 0.1) is 38.0 Å². The number of methoxy groups -OCH3 is 1. The molecule has 3 aliphatic rings. The number of carbonyl (C=O) groups excluding carboxylic acids is 5. The highest BCUT2D eigenvalue weighted by Gasteiger charge is 2.76. The fraction of sp³-hybridized carbons (Fsp3) is 0.304. The molecule has 0 bridgehead atoms. The van der Waals surface area contributed by atoms with E-state index in [-0.39, 0.29) is 47.9 Å². The Morgan fingerprint density at radius 2 is 1.58 bits per heavy atom. The lowest BCUT2D eigenvalue weighted by molar-refractivity contribution is -0.179. The highest BCUT2D eigenvalue weighted by molar-refractivity contribution is 6.25. The first kappa shape index (κ1) is 42.9. The number of esters is 2. The number of hydrogen-bond acceptors (Lipinski definition) is 11. The topological polar surface area (TPSA) is 227 Å². The number of aliphatic carboxylic acids is 1. The molecule has 62 heavy (non-hydrogen) atoms. The predicted molar refractivity (Wildman–Crippen MR) is 222 cm³/mol. The van der Waals surface area contributed by atoms with Crippen LogP contribution in [0, 0.1) is 23.7 Å². The summed E-state index contributed by atoms with van der Waals surface area (Å²) in [5, 5.41) is 26.5. The molecule has 320 valence electrons. The molecular formula is C46H45N5O11. The Bertz CT molecular complexity index is 2450. The number of amides is 5. The number of carboxylic acids is 1. The maximum atomic E-state index is 16.1. The number of morpholine rings is 1. The zero-order valence-corrected chi connectivity index (χ0v) is 34.0. The number of imide groups is 1. The van der Waals surface area contributed by atoms with Crippen LogP contribution in [0.5, 0.6) is 5.75 Å². The first-order valence-electron chi connectivity index (χ1n) is 19.9. The van der Waals surface area contributed by atoms with Gasteiger partial charge >= 0.3 is 30.0 Å². The van der Waals surface area contributed by atoms with Crippen LogP contribution in [0.25, 0.3) is 0 Å². The van der Waals surface area contributed by atoms with Gasteiger partial charge in [-0.2, -0.15) is 0 Å². The average Bonchev–Trinajstić information content (AvgIpc) is 3.72. The third-order valence-corrected chi connectivity index (χ3v) is 11.5. The van der Waals surface area contributed by atoms with Crippen LogP contribution in [-0.2, 0) is 34.1 Å². The van der Waals surface area contributed by atoms with Crippen molar-refractivity contribution in [2.45, 2.75) is 49.5 Å². The van der Waals surface area contributed by atoms with Crippen LogP contribution < -0.4 is 26.0 Å². The standard InChI is InChI=1S/C46H45N5O11/c1-26(2)35(41(55)60-3)49-45(59)50-32-21-20-27(13-12-22-48-44(47)58)25-31(32)46(43(50)57)34(40(53)54)37-42(56)62-38(29-16-8-5-9-17-29)36(28-14-6-4-7-15-28)51(37)39(46)30-18-10-11-19-33(30)61-24-23-52/h4-11,14-21,25-26,34-39,52H,22-24H2,1-3H3,(H,49,59)(H,53,54)(H3,47,48,58)/t34-,35+,36-,37-,38+,39+,46-/m1/s1. The second kappa shape index (κ2) is 17.8. The Morgan fingerprint density at radius 1 is 0.919 bits per heavy atom. The molecule has 16 heteroatoms. The van der Waals surface area contributed by atoms with Crippen molar-refractivity contribution in [3.63, 3.8) is 0 Å². The van der Waals surface area contributed by atoms with E-state index in [0.717, 1.165) is 12.0 Å². The quantitative estimate of drug-likeness (QED) is 0.108. The van der Waals surface area contributed by atoms with E-state index in [1.165, 1.54) is 18.2 Å². The summed E-state index contributed by atoms with van der Waals surface area (Å²) < 4.78 is 17.4. The molecule has 2 fully saturated rings. The molecular weight excluding hydrogens is 799 g/mol. The Labute approximate surface area is 356 Å². The molecule has 0 unspecified atom stereocenters. The van der Waals surface area contributed by atoms with Crippen molar-refractivity contribution in [2.24, 2.45) is 17.6 Å². The third kappa shape index (κ3) is 7.45. The molecule has 0 aliphatic carbocycles. The number of cyclic esters (lactones) is 1. The van der Waals surface area contributed by atoms with Crippen LogP contribution in [0.15, 0.2) is 103 Å². The number of para-hydroxylation sites is 1. The molecule has 2 saturated heterocycles. The van der Waals surface area contributed by atoms with E-state index in [1.807, 2.05) is 18.2 Å². The van der Waals surface area contributed by atoms with Gasteiger partial charge in [-0.25, -0.2) is 19.3 Å². The molecule has 3 aliphatic heterocycles. The lowest BCUT2D eigenvalue weighted by atomic mass is 9.65. The molecule has 7 atom stereocenters. The monoisotopic (exact) mass is 843 g/mol. The number of benzene rings is 4. The molecule has 6 N–H and O–H groups in total. The van der Waals surface area contributed by atoms with Crippen molar-refractivity contribution >= 4 is 41.6 Å². The van der Waals surface area contributed by atoms with E-state index < -0.39 is 83.4 Å². The largest absolute Gasteiger partial charge is 0.491 e. The maximum absolute atomic E-state index is 16.1. The number of urea groups is 2. The number of hydrogen-bond donors (Lipinski definition) is 5. The average molecular weight is 844 g/mol. The number of rotatable bonds is 11. The molecule has 0 aromatic heterocycles. The number of ether oxygens (including phenoxy) is 3. The van der Waals surface area contributed by atoms with Crippen molar-refractivity contribution in [1.82, 2.24) is 15.5 Å². The molecule has 5 amide bonds. The lowest BCUT2D eigenvalue weighted by Crippen LogP contribution is -2.56. The number of carboxylic acid groups (broad SMARTS) is 1. The van der Waals surface area contributed by atoms with Gasteiger partial charge in [0.2, 0.25) is 5.91 Å². The van der Waals surface area contributed by atoms with Gasteiger partial charge in [0.15, 0.2) is 0 Å². The van der Waals surface area contributed by atoms with Gasteiger partial charge in [0.1, 0.15) is 41.9 Å². The van der Waals surface area contributed by atoms with E-state index in [0.29, 0.717) is 11.1 Å².